The minimum absolute atomic E-state index is 0.639. The van der Waals surface area contributed by atoms with E-state index in [-0.39, 0.29) is 0 Å². The Morgan fingerprint density at radius 3 is 2.60 bits per heavy atom. The highest BCUT2D eigenvalue weighted by molar-refractivity contribution is 5.72. The lowest BCUT2D eigenvalue weighted by molar-refractivity contribution is -0.154. The van der Waals surface area contributed by atoms with Gasteiger partial charge in [-0.25, -0.2) is 4.79 Å². The Kier molecular flexibility index (Phi) is 4.12. The molecule has 0 N–H and O–H groups in total. The quantitative estimate of drug-likeness (QED) is 0.430. The molecule has 0 bridgehead atoms. The van der Waals surface area contributed by atoms with Gasteiger partial charge in [-0.1, -0.05) is 0 Å². The first-order valence-electron chi connectivity index (χ1n) is 2.21. The second-order valence-corrected chi connectivity index (χ2v) is 1.18. The largest absolute Gasteiger partial charge is 0.448 e. The van der Waals surface area contributed by atoms with Crippen LogP contribution >= 0.6 is 0 Å². The molecule has 2 nitrogen and oxygen atoms in total. The fraction of sp³-hybridized carbons (Fsp3) is 0.400. The number of hydrogen-bond acceptors (Lipinski definition) is 2. The van der Waals surface area contributed by atoms with Crippen LogP contribution in [-0.4, -0.2) is 19.0 Å². The summed E-state index contributed by atoms with van der Waals surface area (Å²) in [5.74, 6) is -0.0509. The van der Waals surface area contributed by atoms with E-state index in [4.69, 9.17) is 0 Å². The molecule has 0 unspecified atom stereocenters. The molecule has 0 saturated carbocycles. The molecule has 0 saturated heterocycles. The Bertz CT molecular complexity index is 167. The van der Waals surface area contributed by atoms with Crippen molar-refractivity contribution in [3.05, 3.63) is 0 Å². The molecule has 0 radical (unpaired) electrons. The third-order valence-electron chi connectivity index (χ3n) is 0.532. The second-order valence-electron chi connectivity index (χ2n) is 1.18. The van der Waals surface area contributed by atoms with Crippen LogP contribution in [0.15, 0.2) is 0 Å². The highest BCUT2D eigenvalue weighted by atomic mass is 19.3. The lowest BCUT2D eigenvalue weighted by Gasteiger charge is -1.96. The van der Waals surface area contributed by atoms with Gasteiger partial charge in [0.2, 0.25) is 0 Å². The number of carbonyl (C=O) groups is 1. The average Bonchev–Trinajstić information content (AvgIpc) is 1.88. The topological polar surface area (TPSA) is 26.3 Å². The van der Waals surface area contributed by atoms with Gasteiger partial charge in [-0.05, 0) is 5.92 Å². The van der Waals surface area contributed by atoms with E-state index in [1.165, 1.54) is 0 Å². The Labute approximate surface area is 55.0 Å². The van der Waals surface area contributed by atoms with Crippen molar-refractivity contribution in [3.63, 3.8) is 0 Å². The van der Waals surface area contributed by atoms with E-state index < -0.39 is 19.0 Å². The Morgan fingerprint density at radius 2 is 2.20 bits per heavy atom. The number of alkyl halides is 2. The molecule has 0 heterocycles. The van der Waals surface area contributed by atoms with Crippen molar-refractivity contribution in [2.75, 3.05) is 6.61 Å². The summed E-state index contributed by atoms with van der Waals surface area (Å²) >= 11 is 0. The van der Waals surface area contributed by atoms with Crippen LogP contribution in [-0.2, 0) is 9.53 Å². The molecule has 0 fully saturated rings. The highest BCUT2D eigenvalue weighted by Crippen LogP contribution is 1.94. The molecule has 5 heteroatoms. The Balaban J connectivity index is 3.47. The molecule has 0 aliphatic heterocycles. The SMILES string of the molecule is O=C(OCC#CF)C(F)F. The summed E-state index contributed by atoms with van der Waals surface area (Å²) in [6.07, 6.45) is -2.29. The van der Waals surface area contributed by atoms with Crippen molar-refractivity contribution < 1.29 is 22.7 Å². The third kappa shape index (κ3) is 3.78. The Morgan fingerprint density at radius 1 is 1.60 bits per heavy atom. The van der Waals surface area contributed by atoms with E-state index in [2.05, 4.69) is 4.74 Å². The molecule has 0 atom stereocenters. The maximum Gasteiger partial charge on any atom is 0.374 e. The van der Waals surface area contributed by atoms with Gasteiger partial charge in [0.1, 0.15) is 6.17 Å². The van der Waals surface area contributed by atoms with Crippen LogP contribution in [0.4, 0.5) is 13.2 Å². The zero-order valence-electron chi connectivity index (χ0n) is 4.73. The van der Waals surface area contributed by atoms with Crippen LogP contribution in [0.2, 0.25) is 0 Å². The smallest absolute Gasteiger partial charge is 0.374 e. The van der Waals surface area contributed by atoms with Gasteiger partial charge in [0, 0.05) is 0 Å². The number of ether oxygens (including phenoxy) is 1. The number of esters is 1. The minimum Gasteiger partial charge on any atom is -0.448 e. The van der Waals surface area contributed by atoms with Crippen LogP contribution in [0, 0.1) is 12.1 Å². The number of rotatable bonds is 2. The molecule has 10 heavy (non-hydrogen) atoms. The molecule has 0 aliphatic carbocycles. The van der Waals surface area contributed by atoms with E-state index in [1.54, 1.807) is 5.92 Å². The second kappa shape index (κ2) is 4.68. The van der Waals surface area contributed by atoms with Gasteiger partial charge in [0.25, 0.3) is 0 Å². The fourth-order valence-corrected chi connectivity index (χ4v) is 0.197. The van der Waals surface area contributed by atoms with E-state index >= 15 is 0 Å². The summed E-state index contributed by atoms with van der Waals surface area (Å²) in [7, 11) is 0. The monoisotopic (exact) mass is 152 g/mol. The lowest BCUT2D eigenvalue weighted by Crippen LogP contribution is -2.13. The first-order valence-corrected chi connectivity index (χ1v) is 2.21. The first kappa shape index (κ1) is 8.82. The van der Waals surface area contributed by atoms with Gasteiger partial charge >= 0.3 is 12.4 Å². The maximum absolute atomic E-state index is 11.2. The highest BCUT2D eigenvalue weighted by Gasteiger charge is 2.15. The van der Waals surface area contributed by atoms with Crippen molar-refractivity contribution in [2.24, 2.45) is 0 Å². The lowest BCUT2D eigenvalue weighted by atomic mass is 10.7. The number of hydrogen-bond donors (Lipinski definition) is 0. The summed E-state index contributed by atoms with van der Waals surface area (Å²) in [6, 6.07) is 0. The van der Waals surface area contributed by atoms with Gasteiger partial charge < -0.3 is 4.74 Å². The molecule has 0 aromatic rings. The van der Waals surface area contributed by atoms with Crippen molar-refractivity contribution >= 4 is 5.97 Å². The van der Waals surface area contributed by atoms with E-state index in [0.717, 1.165) is 6.17 Å². The molecule has 56 valence electrons. The average molecular weight is 152 g/mol. The van der Waals surface area contributed by atoms with Crippen LogP contribution in [0.3, 0.4) is 0 Å². The summed E-state index contributed by atoms with van der Waals surface area (Å²) in [4.78, 5) is 9.86. The molecule has 0 spiro atoms. The molecule has 0 aromatic carbocycles. The third-order valence-corrected chi connectivity index (χ3v) is 0.532. The number of halogens is 3. The molecule has 0 rings (SSSR count). The predicted molar refractivity (Wildman–Crippen MR) is 25.8 cm³/mol. The van der Waals surface area contributed by atoms with Crippen LogP contribution in [0.5, 0.6) is 0 Å². The standard InChI is InChI=1S/C5H3F3O2/c6-2-1-3-10-5(9)4(7)8/h4H,3H2. The first-order chi connectivity index (χ1) is 4.68. The van der Waals surface area contributed by atoms with Crippen molar-refractivity contribution in [1.29, 1.82) is 0 Å². The molecule has 0 aliphatic rings. The van der Waals surface area contributed by atoms with Crippen LogP contribution in [0.25, 0.3) is 0 Å². The van der Waals surface area contributed by atoms with Gasteiger partial charge in [-0.3, -0.25) is 0 Å². The summed E-state index contributed by atoms with van der Waals surface area (Å²) in [5.41, 5.74) is 0. The van der Waals surface area contributed by atoms with Crippen LogP contribution < -0.4 is 0 Å². The van der Waals surface area contributed by atoms with E-state index in [0.29, 0.717) is 0 Å². The van der Waals surface area contributed by atoms with Crippen LogP contribution in [0.1, 0.15) is 0 Å². The van der Waals surface area contributed by atoms with Gasteiger partial charge in [-0.15, -0.1) is 4.39 Å². The normalized spacial score (nSPS) is 8.40. The van der Waals surface area contributed by atoms with Gasteiger partial charge in [0.15, 0.2) is 6.61 Å². The minimum atomic E-state index is -3.18. The summed E-state index contributed by atoms with van der Waals surface area (Å²) in [5, 5.41) is 0. The van der Waals surface area contributed by atoms with E-state index in [9.17, 15) is 18.0 Å². The molecule has 0 amide bonds. The van der Waals surface area contributed by atoms with Gasteiger partial charge in [0.05, 0.1) is 0 Å². The zero-order valence-corrected chi connectivity index (χ0v) is 4.73. The zero-order chi connectivity index (χ0) is 7.98. The molecule has 0 aromatic heterocycles. The molecular formula is C5H3F3O2. The summed E-state index contributed by atoms with van der Waals surface area (Å²) in [6.45, 7) is -0.639. The van der Waals surface area contributed by atoms with Crippen molar-refractivity contribution in [1.82, 2.24) is 0 Å². The summed E-state index contributed by atoms with van der Waals surface area (Å²) < 4.78 is 37.1. The maximum atomic E-state index is 11.2. The van der Waals surface area contributed by atoms with Crippen molar-refractivity contribution in [2.45, 2.75) is 6.43 Å². The fourth-order valence-electron chi connectivity index (χ4n) is 0.197. The molecular weight excluding hydrogens is 149 g/mol. The van der Waals surface area contributed by atoms with Gasteiger partial charge in [-0.2, -0.15) is 8.78 Å². The number of carbonyl (C=O) groups excluding carboxylic acids is 1. The predicted octanol–water partition coefficient (Wildman–Crippen LogP) is 0.725. The van der Waals surface area contributed by atoms with E-state index in [1.807, 2.05) is 0 Å². The Hall–Kier alpha value is -1.18. The van der Waals surface area contributed by atoms with Crippen molar-refractivity contribution in [3.8, 4) is 12.1 Å².